The van der Waals surface area contributed by atoms with Gasteiger partial charge in [-0.05, 0) is 38.5 Å². The molecule has 4 rings (SSSR count). The SMILES string of the molecule is Cc1nn(-c2cc(Cc3c(C)c(-c4ccc(C#N)cc4)nn3C)ncn2)c(C)c1C(O)C(F)(F)F. The van der Waals surface area contributed by atoms with Crippen LogP contribution in [-0.2, 0) is 13.5 Å². The van der Waals surface area contributed by atoms with E-state index in [4.69, 9.17) is 5.26 Å². The number of benzene rings is 1. The molecule has 11 heteroatoms. The Labute approximate surface area is 199 Å². The van der Waals surface area contributed by atoms with Gasteiger partial charge in [-0.25, -0.2) is 14.6 Å². The van der Waals surface area contributed by atoms with Crippen molar-refractivity contribution >= 4 is 0 Å². The maximum atomic E-state index is 13.1. The molecule has 180 valence electrons. The fourth-order valence-corrected chi connectivity index (χ4v) is 4.10. The lowest BCUT2D eigenvalue weighted by atomic mass is 10.0. The molecule has 8 nitrogen and oxygen atoms in total. The van der Waals surface area contributed by atoms with Gasteiger partial charge in [0.1, 0.15) is 6.33 Å². The summed E-state index contributed by atoms with van der Waals surface area (Å²) < 4.78 is 42.4. The van der Waals surface area contributed by atoms with Gasteiger partial charge in [0.15, 0.2) is 11.9 Å². The van der Waals surface area contributed by atoms with Crippen LogP contribution in [0.2, 0.25) is 0 Å². The molecule has 0 aliphatic carbocycles. The zero-order valence-electron chi connectivity index (χ0n) is 19.5. The van der Waals surface area contributed by atoms with Crippen LogP contribution < -0.4 is 0 Å². The number of hydrogen-bond acceptors (Lipinski definition) is 6. The van der Waals surface area contributed by atoms with Gasteiger partial charge in [-0.3, -0.25) is 4.68 Å². The number of aliphatic hydroxyl groups excluding tert-OH is 1. The minimum Gasteiger partial charge on any atom is -0.379 e. The van der Waals surface area contributed by atoms with E-state index in [9.17, 15) is 18.3 Å². The van der Waals surface area contributed by atoms with Gasteiger partial charge in [-0.2, -0.15) is 28.6 Å². The molecule has 0 aliphatic rings. The van der Waals surface area contributed by atoms with Crippen molar-refractivity contribution in [1.29, 1.82) is 5.26 Å². The second kappa shape index (κ2) is 8.96. The number of alkyl halides is 3. The summed E-state index contributed by atoms with van der Waals surface area (Å²) in [5.41, 5.74) is 4.63. The summed E-state index contributed by atoms with van der Waals surface area (Å²) in [4.78, 5) is 8.50. The molecule has 0 aliphatic heterocycles. The molecule has 1 aromatic carbocycles. The highest BCUT2D eigenvalue weighted by Crippen LogP contribution is 2.36. The predicted octanol–water partition coefficient (Wildman–Crippen LogP) is 4.05. The highest BCUT2D eigenvalue weighted by molar-refractivity contribution is 5.65. The van der Waals surface area contributed by atoms with E-state index >= 15 is 0 Å². The van der Waals surface area contributed by atoms with Gasteiger partial charge in [-0.1, -0.05) is 12.1 Å². The number of hydrogen-bond donors (Lipinski definition) is 1. The Balaban J connectivity index is 1.67. The van der Waals surface area contributed by atoms with Gasteiger partial charge in [0, 0.05) is 42.0 Å². The van der Waals surface area contributed by atoms with Crippen molar-refractivity contribution in [2.75, 3.05) is 0 Å². The van der Waals surface area contributed by atoms with Crippen molar-refractivity contribution < 1.29 is 18.3 Å². The van der Waals surface area contributed by atoms with Crippen LogP contribution in [0.1, 0.15) is 45.6 Å². The van der Waals surface area contributed by atoms with Gasteiger partial charge in [0.2, 0.25) is 0 Å². The van der Waals surface area contributed by atoms with E-state index in [1.54, 1.807) is 22.9 Å². The standard InChI is InChI=1S/C24H22F3N7O/c1-13-19(33(4)32-22(13)17-7-5-16(11-28)6-8-17)9-18-10-20(30-12-29-18)34-15(3)21(14(2)31-34)23(35)24(25,26)27/h5-8,10,12,23,35H,9H2,1-4H3. The molecule has 0 amide bonds. The summed E-state index contributed by atoms with van der Waals surface area (Å²) in [5, 5.41) is 27.6. The molecule has 1 N–H and O–H groups in total. The minimum atomic E-state index is -4.80. The molecule has 1 atom stereocenters. The van der Waals surface area contributed by atoms with E-state index in [0.717, 1.165) is 22.5 Å². The van der Waals surface area contributed by atoms with Crippen LogP contribution in [0.5, 0.6) is 0 Å². The number of aliphatic hydroxyl groups is 1. The molecule has 3 aromatic heterocycles. The smallest absolute Gasteiger partial charge is 0.379 e. The van der Waals surface area contributed by atoms with Gasteiger partial charge in [0.25, 0.3) is 0 Å². The molecule has 3 heterocycles. The first kappa shape index (κ1) is 24.1. The van der Waals surface area contributed by atoms with Crippen LogP contribution >= 0.6 is 0 Å². The number of nitriles is 1. The molecule has 0 bridgehead atoms. The van der Waals surface area contributed by atoms with E-state index in [1.165, 1.54) is 24.9 Å². The maximum Gasteiger partial charge on any atom is 0.418 e. The first-order chi connectivity index (χ1) is 16.5. The second-order valence-electron chi connectivity index (χ2n) is 8.22. The topological polar surface area (TPSA) is 105 Å². The van der Waals surface area contributed by atoms with Crippen molar-refractivity contribution in [3.05, 3.63) is 76.1 Å². The van der Waals surface area contributed by atoms with Crippen molar-refractivity contribution in [2.45, 2.75) is 39.5 Å². The Morgan fingerprint density at radius 2 is 1.77 bits per heavy atom. The quantitative estimate of drug-likeness (QED) is 0.461. The number of aryl methyl sites for hydroxylation is 2. The summed E-state index contributed by atoms with van der Waals surface area (Å²) in [7, 11) is 1.82. The fourth-order valence-electron chi connectivity index (χ4n) is 4.10. The van der Waals surface area contributed by atoms with E-state index in [2.05, 4.69) is 26.2 Å². The van der Waals surface area contributed by atoms with Crippen molar-refractivity contribution in [1.82, 2.24) is 29.5 Å². The van der Waals surface area contributed by atoms with Crippen LogP contribution in [0.25, 0.3) is 17.1 Å². The molecule has 1 unspecified atom stereocenters. The Morgan fingerprint density at radius 1 is 1.09 bits per heavy atom. The third-order valence-corrected chi connectivity index (χ3v) is 5.92. The van der Waals surface area contributed by atoms with Crippen molar-refractivity contribution in [3.8, 4) is 23.1 Å². The zero-order chi connectivity index (χ0) is 25.5. The molecular weight excluding hydrogens is 459 g/mol. The fraction of sp³-hybridized carbons (Fsp3) is 0.292. The van der Waals surface area contributed by atoms with Crippen LogP contribution in [-0.4, -0.2) is 40.8 Å². The van der Waals surface area contributed by atoms with Crippen LogP contribution in [0.4, 0.5) is 13.2 Å². The monoisotopic (exact) mass is 481 g/mol. The summed E-state index contributed by atoms with van der Waals surface area (Å²) >= 11 is 0. The van der Waals surface area contributed by atoms with Crippen molar-refractivity contribution in [2.24, 2.45) is 7.05 Å². The number of rotatable bonds is 5. The lowest BCUT2D eigenvalue weighted by Gasteiger charge is -2.15. The van der Waals surface area contributed by atoms with E-state index in [-0.39, 0.29) is 17.0 Å². The van der Waals surface area contributed by atoms with E-state index in [0.29, 0.717) is 23.5 Å². The summed E-state index contributed by atoms with van der Waals surface area (Å²) in [6, 6.07) is 10.9. The lowest BCUT2D eigenvalue weighted by molar-refractivity contribution is -0.207. The third kappa shape index (κ3) is 4.52. The Morgan fingerprint density at radius 3 is 2.40 bits per heavy atom. The highest BCUT2D eigenvalue weighted by atomic mass is 19.4. The molecule has 0 fully saturated rings. The Kier molecular flexibility index (Phi) is 6.17. The summed E-state index contributed by atoms with van der Waals surface area (Å²) in [6.07, 6.45) is -5.70. The molecule has 0 saturated carbocycles. The molecule has 35 heavy (non-hydrogen) atoms. The molecule has 4 aromatic rings. The van der Waals surface area contributed by atoms with E-state index in [1.807, 2.05) is 26.1 Å². The van der Waals surface area contributed by atoms with Gasteiger partial charge >= 0.3 is 6.18 Å². The van der Waals surface area contributed by atoms with Crippen LogP contribution in [0.15, 0.2) is 36.7 Å². The Hall–Kier alpha value is -4.04. The highest BCUT2D eigenvalue weighted by Gasteiger charge is 2.42. The van der Waals surface area contributed by atoms with Crippen LogP contribution in [0, 0.1) is 32.1 Å². The molecule has 0 radical (unpaired) electrons. The normalized spacial score (nSPS) is 12.5. The average Bonchev–Trinajstić information content (AvgIpc) is 3.27. The van der Waals surface area contributed by atoms with Crippen LogP contribution in [0.3, 0.4) is 0 Å². The number of aromatic nitrogens is 6. The lowest BCUT2D eigenvalue weighted by Crippen LogP contribution is -2.21. The first-order valence-corrected chi connectivity index (χ1v) is 10.7. The number of halogens is 3. The minimum absolute atomic E-state index is 0.0713. The summed E-state index contributed by atoms with van der Waals surface area (Å²) in [6.45, 7) is 4.82. The molecule has 0 spiro atoms. The molecule has 0 saturated heterocycles. The summed E-state index contributed by atoms with van der Waals surface area (Å²) in [5.74, 6) is 0.295. The zero-order valence-corrected chi connectivity index (χ0v) is 19.5. The van der Waals surface area contributed by atoms with Crippen molar-refractivity contribution in [3.63, 3.8) is 0 Å². The predicted molar refractivity (Wildman–Crippen MR) is 121 cm³/mol. The van der Waals surface area contributed by atoms with Gasteiger partial charge in [0.05, 0.1) is 28.7 Å². The first-order valence-electron chi connectivity index (χ1n) is 10.7. The van der Waals surface area contributed by atoms with Gasteiger partial charge < -0.3 is 5.11 Å². The number of nitrogens with zero attached hydrogens (tertiary/aromatic N) is 7. The van der Waals surface area contributed by atoms with Gasteiger partial charge in [-0.15, -0.1) is 0 Å². The van der Waals surface area contributed by atoms with E-state index < -0.39 is 12.3 Å². The Bertz CT molecular complexity index is 1430. The second-order valence-corrected chi connectivity index (χ2v) is 8.22. The average molecular weight is 481 g/mol. The third-order valence-electron chi connectivity index (χ3n) is 5.92. The maximum absolute atomic E-state index is 13.1. The largest absolute Gasteiger partial charge is 0.418 e. The molecular formula is C24H22F3N7O.